The van der Waals surface area contributed by atoms with E-state index in [1.54, 1.807) is 11.8 Å². The zero-order valence-electron chi connectivity index (χ0n) is 16.4. The van der Waals surface area contributed by atoms with E-state index in [0.717, 1.165) is 24.2 Å². The summed E-state index contributed by atoms with van der Waals surface area (Å²) in [7, 11) is 0. The van der Waals surface area contributed by atoms with Gasteiger partial charge in [0, 0.05) is 42.8 Å². The van der Waals surface area contributed by atoms with Crippen LogP contribution in [0.25, 0.3) is 0 Å². The molecular weight excluding hydrogens is 382 g/mol. The maximum atomic E-state index is 12.6. The molecule has 154 valence electrons. The second-order valence-corrected chi connectivity index (χ2v) is 7.81. The molecule has 8 heteroatoms. The molecule has 2 heterocycles. The number of piperidine rings is 1. The van der Waals surface area contributed by atoms with Crippen molar-refractivity contribution in [3.8, 4) is 5.75 Å². The fraction of sp³-hybridized carbons (Fsp3) is 0.600. The lowest BCUT2D eigenvalue weighted by Crippen LogP contribution is -2.49. The average Bonchev–Trinajstić information content (AvgIpc) is 2.79. The molecule has 1 aromatic carbocycles. The summed E-state index contributed by atoms with van der Waals surface area (Å²) in [4.78, 5) is 28.1. The molecule has 0 saturated carbocycles. The third-order valence-electron chi connectivity index (χ3n) is 5.01. The van der Waals surface area contributed by atoms with Crippen LogP contribution in [-0.4, -0.2) is 66.7 Å². The highest BCUT2D eigenvalue weighted by molar-refractivity contribution is 6.30. The van der Waals surface area contributed by atoms with Gasteiger partial charge in [0.1, 0.15) is 11.9 Å². The highest BCUT2D eigenvalue weighted by atomic mass is 35.5. The SMILES string of the molecule is CCOC(=O)N1CCC(NC(=O)CN2Cc3cc(Cl)ccc3OC(C)C2)CC1. The van der Waals surface area contributed by atoms with Crippen molar-refractivity contribution in [2.24, 2.45) is 0 Å². The number of carbonyl (C=O) groups is 2. The molecule has 2 aliphatic heterocycles. The molecule has 0 spiro atoms. The highest BCUT2D eigenvalue weighted by Crippen LogP contribution is 2.27. The van der Waals surface area contributed by atoms with Gasteiger partial charge in [0.05, 0.1) is 13.2 Å². The third kappa shape index (κ3) is 5.52. The summed E-state index contributed by atoms with van der Waals surface area (Å²) in [6.45, 7) is 6.97. The molecular formula is C20H28ClN3O4. The Morgan fingerprint density at radius 3 is 2.79 bits per heavy atom. The van der Waals surface area contributed by atoms with Crippen molar-refractivity contribution < 1.29 is 19.1 Å². The molecule has 1 unspecified atom stereocenters. The lowest BCUT2D eigenvalue weighted by Gasteiger charge is -2.32. The molecule has 0 aromatic heterocycles. The summed E-state index contributed by atoms with van der Waals surface area (Å²) in [5.74, 6) is 0.818. The number of likely N-dealkylation sites (tertiary alicyclic amines) is 1. The zero-order chi connectivity index (χ0) is 20.1. The van der Waals surface area contributed by atoms with Crippen molar-refractivity contribution in [3.63, 3.8) is 0 Å². The summed E-state index contributed by atoms with van der Waals surface area (Å²) in [5.41, 5.74) is 0.993. The van der Waals surface area contributed by atoms with Gasteiger partial charge in [0.2, 0.25) is 5.91 Å². The van der Waals surface area contributed by atoms with Crippen molar-refractivity contribution in [2.45, 2.75) is 45.4 Å². The van der Waals surface area contributed by atoms with E-state index >= 15 is 0 Å². The van der Waals surface area contributed by atoms with E-state index in [0.29, 0.717) is 44.4 Å². The molecule has 2 amide bonds. The van der Waals surface area contributed by atoms with Crippen LogP contribution in [0.1, 0.15) is 32.3 Å². The van der Waals surface area contributed by atoms with E-state index in [9.17, 15) is 9.59 Å². The average molecular weight is 410 g/mol. The van der Waals surface area contributed by atoms with Crippen molar-refractivity contribution >= 4 is 23.6 Å². The molecule has 28 heavy (non-hydrogen) atoms. The molecule has 1 saturated heterocycles. The van der Waals surface area contributed by atoms with Crippen LogP contribution in [0, 0.1) is 0 Å². The number of hydrogen-bond acceptors (Lipinski definition) is 5. The Hall–Kier alpha value is -1.99. The maximum Gasteiger partial charge on any atom is 0.409 e. The lowest BCUT2D eigenvalue weighted by molar-refractivity contribution is -0.123. The molecule has 1 fully saturated rings. The molecule has 0 bridgehead atoms. The number of fused-ring (bicyclic) bond motifs is 1. The van der Waals surface area contributed by atoms with E-state index in [1.807, 2.05) is 25.1 Å². The summed E-state index contributed by atoms with van der Waals surface area (Å²) in [6.07, 6.45) is 1.19. The summed E-state index contributed by atoms with van der Waals surface area (Å²) in [5, 5.41) is 3.76. The number of halogens is 1. The standard InChI is InChI=1S/C20H28ClN3O4/c1-3-27-20(26)24-8-6-17(7-9-24)22-19(25)13-23-11-14(2)28-18-5-4-16(21)10-15(18)12-23/h4-5,10,14,17H,3,6-9,11-13H2,1-2H3,(H,22,25). The van der Waals surface area contributed by atoms with Gasteiger partial charge < -0.3 is 19.7 Å². The van der Waals surface area contributed by atoms with Crippen molar-refractivity contribution in [1.29, 1.82) is 0 Å². The minimum atomic E-state index is -0.275. The molecule has 0 radical (unpaired) electrons. The molecule has 1 aromatic rings. The molecule has 1 atom stereocenters. The Bertz CT molecular complexity index is 707. The van der Waals surface area contributed by atoms with Gasteiger partial charge in [-0.2, -0.15) is 0 Å². The van der Waals surface area contributed by atoms with E-state index < -0.39 is 0 Å². The second-order valence-electron chi connectivity index (χ2n) is 7.38. The van der Waals surface area contributed by atoms with Crippen LogP contribution in [-0.2, 0) is 16.1 Å². The summed E-state index contributed by atoms with van der Waals surface area (Å²) >= 11 is 6.11. The quantitative estimate of drug-likeness (QED) is 0.827. The Morgan fingerprint density at radius 1 is 1.32 bits per heavy atom. The Balaban J connectivity index is 1.50. The number of carbonyl (C=O) groups excluding carboxylic acids is 2. The van der Waals surface area contributed by atoms with Gasteiger partial charge in [-0.1, -0.05) is 11.6 Å². The second kappa shape index (κ2) is 9.47. The van der Waals surface area contributed by atoms with Gasteiger partial charge in [0.15, 0.2) is 0 Å². The van der Waals surface area contributed by atoms with E-state index in [2.05, 4.69) is 10.2 Å². The number of amides is 2. The van der Waals surface area contributed by atoms with E-state index in [-0.39, 0.29) is 24.1 Å². The fourth-order valence-corrected chi connectivity index (χ4v) is 3.92. The largest absolute Gasteiger partial charge is 0.489 e. The van der Waals surface area contributed by atoms with Crippen LogP contribution in [0.15, 0.2) is 18.2 Å². The Kier molecular flexibility index (Phi) is 7.02. The number of nitrogens with zero attached hydrogens (tertiary/aromatic N) is 2. The smallest absolute Gasteiger partial charge is 0.409 e. The summed E-state index contributed by atoms with van der Waals surface area (Å²) in [6, 6.07) is 5.68. The van der Waals surface area contributed by atoms with Gasteiger partial charge in [-0.25, -0.2) is 4.79 Å². The molecule has 0 aliphatic carbocycles. The van der Waals surface area contributed by atoms with Gasteiger partial charge in [0.25, 0.3) is 0 Å². The number of nitrogens with one attached hydrogen (secondary N) is 1. The number of rotatable bonds is 4. The first-order valence-corrected chi connectivity index (χ1v) is 10.2. The van der Waals surface area contributed by atoms with E-state index in [4.69, 9.17) is 21.1 Å². The summed E-state index contributed by atoms with van der Waals surface area (Å²) < 4.78 is 11.0. The number of hydrogen-bond donors (Lipinski definition) is 1. The van der Waals surface area contributed by atoms with E-state index in [1.165, 1.54) is 0 Å². The molecule has 3 rings (SSSR count). The first kappa shape index (κ1) is 20.7. The fourth-order valence-electron chi connectivity index (χ4n) is 3.73. The lowest BCUT2D eigenvalue weighted by atomic mass is 10.1. The van der Waals surface area contributed by atoms with Crippen molar-refractivity contribution in [1.82, 2.24) is 15.1 Å². The minimum Gasteiger partial charge on any atom is -0.489 e. The van der Waals surface area contributed by atoms with Gasteiger partial charge >= 0.3 is 6.09 Å². The zero-order valence-corrected chi connectivity index (χ0v) is 17.2. The molecule has 7 nitrogen and oxygen atoms in total. The molecule has 2 aliphatic rings. The van der Waals surface area contributed by atoms with Gasteiger partial charge in [-0.15, -0.1) is 0 Å². The predicted molar refractivity (Wildman–Crippen MR) is 107 cm³/mol. The van der Waals surface area contributed by atoms with Crippen molar-refractivity contribution in [2.75, 3.05) is 32.8 Å². The minimum absolute atomic E-state index is 0.00716. The van der Waals surface area contributed by atoms with Crippen LogP contribution in [0.4, 0.5) is 4.79 Å². The normalized spacial score (nSPS) is 20.7. The van der Waals surface area contributed by atoms with Gasteiger partial charge in [-0.05, 0) is 44.9 Å². The van der Waals surface area contributed by atoms with Crippen LogP contribution < -0.4 is 10.1 Å². The Labute approximate surface area is 170 Å². The van der Waals surface area contributed by atoms with Crippen LogP contribution in [0.3, 0.4) is 0 Å². The van der Waals surface area contributed by atoms with Crippen LogP contribution in [0.5, 0.6) is 5.75 Å². The first-order chi connectivity index (χ1) is 13.4. The van der Waals surface area contributed by atoms with Crippen LogP contribution >= 0.6 is 11.6 Å². The molecule has 1 N–H and O–H groups in total. The van der Waals surface area contributed by atoms with Crippen molar-refractivity contribution in [3.05, 3.63) is 28.8 Å². The topological polar surface area (TPSA) is 71.1 Å². The first-order valence-electron chi connectivity index (χ1n) is 9.83. The monoisotopic (exact) mass is 409 g/mol. The third-order valence-corrected chi connectivity index (χ3v) is 5.25. The van der Waals surface area contributed by atoms with Gasteiger partial charge in [-0.3, -0.25) is 9.69 Å². The predicted octanol–water partition coefficient (Wildman–Crippen LogP) is 2.66. The Morgan fingerprint density at radius 2 is 2.07 bits per heavy atom. The highest BCUT2D eigenvalue weighted by Gasteiger charge is 2.26. The number of ether oxygens (including phenoxy) is 2. The number of benzene rings is 1. The van der Waals surface area contributed by atoms with Crippen LogP contribution in [0.2, 0.25) is 5.02 Å². The maximum absolute atomic E-state index is 12.6.